The van der Waals surface area contributed by atoms with Crippen LogP contribution >= 0.6 is 51.5 Å². The van der Waals surface area contributed by atoms with Crippen LogP contribution in [0, 0.1) is 0 Å². The Hall–Kier alpha value is -1.34. The van der Waals surface area contributed by atoms with E-state index in [0.29, 0.717) is 19.9 Å². The van der Waals surface area contributed by atoms with Gasteiger partial charge in [0.15, 0.2) is 4.32 Å². The maximum Gasteiger partial charge on any atom is 0.270 e. The van der Waals surface area contributed by atoms with Crippen LogP contribution in [0.4, 0.5) is 5.69 Å². The lowest BCUT2D eigenvalue weighted by Crippen LogP contribution is -2.27. The summed E-state index contributed by atoms with van der Waals surface area (Å²) in [4.78, 5) is 14.8. The highest BCUT2D eigenvalue weighted by atomic mass is 79.9. The van der Waals surface area contributed by atoms with Crippen LogP contribution in [-0.2, 0) is 4.79 Å². The van der Waals surface area contributed by atoms with Gasteiger partial charge < -0.3 is 4.74 Å². The SMILES string of the molecule is COc1ccc(/C=C2/SC(=S)N(c3ccc(Br)c(Cl)c3)C2=O)cc1. The van der Waals surface area contributed by atoms with Gasteiger partial charge in [-0.1, -0.05) is 47.7 Å². The van der Waals surface area contributed by atoms with Gasteiger partial charge in [0.25, 0.3) is 5.91 Å². The monoisotopic (exact) mass is 439 g/mol. The summed E-state index contributed by atoms with van der Waals surface area (Å²) < 4.78 is 6.39. The molecular formula is C17H11BrClNO2S2. The van der Waals surface area contributed by atoms with E-state index in [2.05, 4.69) is 15.9 Å². The predicted molar refractivity (Wildman–Crippen MR) is 108 cm³/mol. The van der Waals surface area contributed by atoms with E-state index < -0.39 is 0 Å². The molecule has 0 aliphatic carbocycles. The summed E-state index contributed by atoms with van der Waals surface area (Å²) in [6.07, 6.45) is 1.82. The Labute approximate surface area is 162 Å². The van der Waals surface area contributed by atoms with Crippen molar-refractivity contribution in [2.45, 2.75) is 0 Å². The molecule has 3 rings (SSSR count). The van der Waals surface area contributed by atoms with Crippen LogP contribution in [0.5, 0.6) is 5.75 Å². The molecule has 24 heavy (non-hydrogen) atoms. The number of halogens is 2. The summed E-state index contributed by atoms with van der Waals surface area (Å²) in [5.74, 6) is 0.614. The van der Waals surface area contributed by atoms with Crippen molar-refractivity contribution in [3.63, 3.8) is 0 Å². The van der Waals surface area contributed by atoms with Crippen molar-refractivity contribution in [1.82, 2.24) is 0 Å². The molecule has 0 radical (unpaired) electrons. The van der Waals surface area contributed by atoms with Crippen molar-refractivity contribution < 1.29 is 9.53 Å². The first-order chi connectivity index (χ1) is 11.5. The molecule has 0 aromatic heterocycles. The van der Waals surface area contributed by atoms with E-state index in [1.54, 1.807) is 25.3 Å². The van der Waals surface area contributed by atoms with E-state index in [4.69, 9.17) is 28.6 Å². The topological polar surface area (TPSA) is 29.5 Å². The number of benzene rings is 2. The number of rotatable bonds is 3. The number of nitrogens with zero attached hydrogens (tertiary/aromatic N) is 1. The molecule has 0 N–H and O–H groups in total. The molecule has 0 atom stereocenters. The average molecular weight is 441 g/mol. The summed E-state index contributed by atoms with van der Waals surface area (Å²) in [7, 11) is 1.61. The number of carbonyl (C=O) groups is 1. The number of amides is 1. The van der Waals surface area contributed by atoms with Gasteiger partial charge in [-0.15, -0.1) is 0 Å². The largest absolute Gasteiger partial charge is 0.497 e. The maximum atomic E-state index is 12.7. The van der Waals surface area contributed by atoms with Crippen LogP contribution in [-0.4, -0.2) is 17.3 Å². The first-order valence-electron chi connectivity index (χ1n) is 6.86. The fraction of sp³-hybridized carbons (Fsp3) is 0.0588. The summed E-state index contributed by atoms with van der Waals surface area (Å²) in [6.45, 7) is 0. The smallest absolute Gasteiger partial charge is 0.270 e. The summed E-state index contributed by atoms with van der Waals surface area (Å²) in [6, 6.07) is 12.8. The highest BCUT2D eigenvalue weighted by molar-refractivity contribution is 9.10. The van der Waals surface area contributed by atoms with E-state index in [1.165, 1.54) is 16.7 Å². The van der Waals surface area contributed by atoms with Crippen LogP contribution in [0.25, 0.3) is 6.08 Å². The van der Waals surface area contributed by atoms with Crippen molar-refractivity contribution in [1.29, 1.82) is 0 Å². The Balaban J connectivity index is 1.90. The van der Waals surface area contributed by atoms with Gasteiger partial charge in [-0.25, -0.2) is 0 Å². The van der Waals surface area contributed by atoms with Crippen LogP contribution in [0.2, 0.25) is 5.02 Å². The van der Waals surface area contributed by atoms with Gasteiger partial charge >= 0.3 is 0 Å². The number of thiocarbonyl (C=S) groups is 1. The number of ether oxygens (including phenoxy) is 1. The van der Waals surface area contributed by atoms with Crippen molar-refractivity contribution in [3.8, 4) is 5.75 Å². The van der Waals surface area contributed by atoms with Crippen molar-refractivity contribution in [2.75, 3.05) is 12.0 Å². The lowest BCUT2D eigenvalue weighted by molar-refractivity contribution is -0.113. The molecule has 2 aromatic carbocycles. The van der Waals surface area contributed by atoms with Gasteiger partial charge in [0, 0.05) is 4.47 Å². The van der Waals surface area contributed by atoms with E-state index in [-0.39, 0.29) is 5.91 Å². The molecular weight excluding hydrogens is 430 g/mol. The molecule has 1 fully saturated rings. The Morgan fingerprint density at radius 1 is 1.25 bits per heavy atom. The summed E-state index contributed by atoms with van der Waals surface area (Å²) in [5, 5.41) is 0.528. The Morgan fingerprint density at radius 2 is 1.96 bits per heavy atom. The second-order valence-corrected chi connectivity index (χ2v) is 7.83. The number of hydrogen-bond acceptors (Lipinski definition) is 4. The quantitative estimate of drug-likeness (QED) is 0.464. The second kappa shape index (κ2) is 7.27. The van der Waals surface area contributed by atoms with Gasteiger partial charge in [0.2, 0.25) is 0 Å². The summed E-state index contributed by atoms with van der Waals surface area (Å²) in [5.41, 5.74) is 1.56. The Bertz CT molecular complexity index is 852. The minimum Gasteiger partial charge on any atom is -0.497 e. The number of anilines is 1. The van der Waals surface area contributed by atoms with E-state index >= 15 is 0 Å². The molecule has 0 unspecified atom stereocenters. The normalized spacial score (nSPS) is 16.1. The van der Waals surface area contributed by atoms with Crippen molar-refractivity contribution in [2.24, 2.45) is 0 Å². The molecule has 0 bridgehead atoms. The zero-order valence-corrected chi connectivity index (χ0v) is 16.4. The first-order valence-corrected chi connectivity index (χ1v) is 9.26. The molecule has 1 aliphatic rings. The molecule has 0 spiro atoms. The first kappa shape index (κ1) is 17.5. The summed E-state index contributed by atoms with van der Waals surface area (Å²) >= 11 is 16.1. The molecule has 1 amide bonds. The number of hydrogen-bond donors (Lipinski definition) is 0. The molecule has 0 saturated carbocycles. The third kappa shape index (κ3) is 3.52. The maximum absolute atomic E-state index is 12.7. The van der Waals surface area contributed by atoms with Crippen LogP contribution in [0.1, 0.15) is 5.56 Å². The van der Waals surface area contributed by atoms with E-state index in [0.717, 1.165) is 15.8 Å². The fourth-order valence-corrected chi connectivity index (χ4v) is 3.89. The van der Waals surface area contributed by atoms with E-state index in [1.807, 2.05) is 30.3 Å². The Morgan fingerprint density at radius 3 is 2.58 bits per heavy atom. The highest BCUT2D eigenvalue weighted by Crippen LogP contribution is 2.38. The van der Waals surface area contributed by atoms with Gasteiger partial charge in [-0.2, -0.15) is 0 Å². The molecule has 3 nitrogen and oxygen atoms in total. The van der Waals surface area contributed by atoms with Gasteiger partial charge in [0.1, 0.15) is 5.75 Å². The molecule has 122 valence electrons. The number of thioether (sulfide) groups is 1. The van der Waals surface area contributed by atoms with Crippen LogP contribution < -0.4 is 9.64 Å². The number of carbonyl (C=O) groups excluding carboxylic acids is 1. The van der Waals surface area contributed by atoms with Crippen LogP contribution in [0.15, 0.2) is 51.8 Å². The van der Waals surface area contributed by atoms with E-state index in [9.17, 15) is 4.79 Å². The third-order valence-electron chi connectivity index (χ3n) is 3.37. The molecule has 1 aliphatic heterocycles. The predicted octanol–water partition coefficient (Wildman–Crippen LogP) is 5.52. The molecule has 2 aromatic rings. The number of methoxy groups -OCH3 is 1. The average Bonchev–Trinajstić information content (AvgIpc) is 2.85. The molecule has 1 heterocycles. The second-order valence-electron chi connectivity index (χ2n) is 4.89. The lowest BCUT2D eigenvalue weighted by Gasteiger charge is -2.15. The third-order valence-corrected chi connectivity index (χ3v) is 5.90. The van der Waals surface area contributed by atoms with Crippen molar-refractivity contribution >= 4 is 73.5 Å². The zero-order chi connectivity index (χ0) is 17.3. The van der Waals surface area contributed by atoms with Gasteiger partial charge in [-0.3, -0.25) is 9.69 Å². The highest BCUT2D eigenvalue weighted by Gasteiger charge is 2.33. The fourth-order valence-electron chi connectivity index (χ4n) is 2.17. The minimum atomic E-state index is -0.154. The zero-order valence-electron chi connectivity index (χ0n) is 12.5. The van der Waals surface area contributed by atoms with Gasteiger partial charge in [0.05, 0.1) is 22.7 Å². The van der Waals surface area contributed by atoms with Crippen LogP contribution in [0.3, 0.4) is 0 Å². The lowest BCUT2D eigenvalue weighted by atomic mass is 10.2. The standard InChI is InChI=1S/C17H11BrClNO2S2/c1-22-12-5-2-10(3-6-12)8-15-16(21)20(17(23)24-15)11-4-7-13(18)14(19)9-11/h2-9H,1H3/b15-8+. The van der Waals surface area contributed by atoms with Gasteiger partial charge in [-0.05, 0) is 57.9 Å². The molecule has 1 saturated heterocycles. The minimum absolute atomic E-state index is 0.154. The molecule has 7 heteroatoms. The Kier molecular flexibility index (Phi) is 5.30. The van der Waals surface area contributed by atoms with Crippen molar-refractivity contribution in [3.05, 3.63) is 62.4 Å².